The van der Waals surface area contributed by atoms with Gasteiger partial charge in [-0.15, -0.1) is 0 Å². The average Bonchev–Trinajstić information content (AvgIpc) is 3.44. The Balaban J connectivity index is 1.25. The summed E-state index contributed by atoms with van der Waals surface area (Å²) in [5, 5.41) is 23.5. The lowest BCUT2D eigenvalue weighted by molar-refractivity contribution is 0.180. The van der Waals surface area contributed by atoms with Gasteiger partial charge in [0.25, 0.3) is 0 Å². The second-order valence-electron chi connectivity index (χ2n) is 8.75. The normalized spacial score (nSPS) is 21.4. The van der Waals surface area contributed by atoms with Crippen molar-refractivity contribution < 1.29 is 9.84 Å². The van der Waals surface area contributed by atoms with Gasteiger partial charge in [-0.2, -0.15) is 10.2 Å². The number of likely N-dealkylation sites (tertiary alicyclic amines) is 1. The Bertz CT molecular complexity index is 1280. The Kier molecular flexibility index (Phi) is 7.06. The summed E-state index contributed by atoms with van der Waals surface area (Å²) in [4.78, 5) is 6.21. The number of β-amino-alcohol motifs (C(OH)–C–C–N with tert-alkyl or cyclic N) is 1. The van der Waals surface area contributed by atoms with E-state index in [1.54, 1.807) is 12.4 Å². The van der Waals surface area contributed by atoms with Crippen molar-refractivity contribution in [2.45, 2.75) is 31.6 Å². The molecule has 35 heavy (non-hydrogen) atoms. The number of aliphatic hydroxyl groups is 1. The molecule has 0 aliphatic carbocycles. The number of hydrogen-bond acceptors (Lipinski definition) is 7. The molecule has 1 fully saturated rings. The van der Waals surface area contributed by atoms with Gasteiger partial charge in [0.05, 0.1) is 39.1 Å². The maximum atomic E-state index is 9.69. The highest BCUT2D eigenvalue weighted by atomic mass is 35.5. The van der Waals surface area contributed by atoms with Gasteiger partial charge in [0.15, 0.2) is 0 Å². The lowest BCUT2D eigenvalue weighted by atomic mass is 10.1. The molecule has 10 heteroatoms. The Morgan fingerprint density at radius 3 is 2.83 bits per heavy atom. The van der Waals surface area contributed by atoms with Crippen LogP contribution < -0.4 is 10.2 Å². The molecular weight excluding hydrogens is 487 g/mol. The zero-order valence-electron chi connectivity index (χ0n) is 19.2. The molecule has 0 spiro atoms. The number of nitrogens with one attached hydrogen (secondary N) is 2. The summed E-state index contributed by atoms with van der Waals surface area (Å²) in [6.07, 6.45) is 11.5. The average molecular weight is 513 g/mol. The second kappa shape index (κ2) is 10.4. The van der Waals surface area contributed by atoms with E-state index in [9.17, 15) is 5.11 Å². The van der Waals surface area contributed by atoms with E-state index in [2.05, 4.69) is 36.7 Å². The first-order valence-corrected chi connectivity index (χ1v) is 12.2. The van der Waals surface area contributed by atoms with Crippen LogP contribution in [0.4, 0.5) is 0 Å². The van der Waals surface area contributed by atoms with Crippen LogP contribution in [-0.4, -0.2) is 62.7 Å². The van der Waals surface area contributed by atoms with Crippen LogP contribution in [0.1, 0.15) is 30.7 Å². The molecule has 1 saturated heterocycles. The maximum absolute atomic E-state index is 9.69. The molecule has 8 nitrogen and oxygen atoms in total. The van der Waals surface area contributed by atoms with Crippen LogP contribution in [-0.2, 0) is 0 Å². The molecule has 0 radical (unpaired) electrons. The Hall–Kier alpha value is -2.91. The van der Waals surface area contributed by atoms with Crippen LogP contribution in [0.2, 0.25) is 10.0 Å². The number of aromatic amines is 1. The third kappa shape index (κ3) is 5.51. The molecule has 2 aromatic heterocycles. The van der Waals surface area contributed by atoms with Gasteiger partial charge in [-0.25, -0.2) is 0 Å². The van der Waals surface area contributed by atoms with Crippen LogP contribution in [0.3, 0.4) is 0 Å². The first kappa shape index (κ1) is 23.8. The molecular formula is C25H26Cl2N6O2. The van der Waals surface area contributed by atoms with E-state index in [4.69, 9.17) is 27.9 Å². The molecule has 0 bridgehead atoms. The summed E-state index contributed by atoms with van der Waals surface area (Å²) in [5.74, 6) is 0.682. The SMILES string of the molecule is C[C@@H](Oc1ccc2n[nH]c(/C=C/C3C=CC(CN4CCC(O)C4)=NN3)c2c1)c1c(Cl)cncc1Cl. The minimum atomic E-state index is -0.353. The van der Waals surface area contributed by atoms with Gasteiger partial charge < -0.3 is 9.84 Å². The number of H-pyrrole nitrogens is 1. The first-order chi connectivity index (χ1) is 17.0. The van der Waals surface area contributed by atoms with Crippen LogP contribution >= 0.6 is 23.2 Å². The number of ether oxygens (including phenoxy) is 1. The van der Waals surface area contributed by atoms with Crippen molar-refractivity contribution in [2.24, 2.45) is 5.10 Å². The van der Waals surface area contributed by atoms with Crippen LogP contribution in [0.15, 0.2) is 53.9 Å². The summed E-state index contributed by atoms with van der Waals surface area (Å²) in [7, 11) is 0. The third-order valence-electron chi connectivity index (χ3n) is 6.12. The minimum Gasteiger partial charge on any atom is -0.486 e. The van der Waals surface area contributed by atoms with Crippen molar-refractivity contribution in [2.75, 3.05) is 19.6 Å². The number of hydrazone groups is 1. The number of fused-ring (bicyclic) bond motifs is 1. The van der Waals surface area contributed by atoms with Crippen LogP contribution in [0, 0.1) is 0 Å². The summed E-state index contributed by atoms with van der Waals surface area (Å²) in [6.45, 7) is 4.24. The number of aromatic nitrogens is 3. The second-order valence-corrected chi connectivity index (χ2v) is 9.56. The number of aliphatic hydroxyl groups excluding tert-OH is 1. The fourth-order valence-electron chi connectivity index (χ4n) is 4.31. The van der Waals surface area contributed by atoms with Crippen LogP contribution in [0.25, 0.3) is 17.0 Å². The molecule has 3 atom stereocenters. The lowest BCUT2D eigenvalue weighted by Crippen LogP contribution is -2.32. The Morgan fingerprint density at radius 1 is 1.29 bits per heavy atom. The van der Waals surface area contributed by atoms with Crippen molar-refractivity contribution in [3.8, 4) is 5.75 Å². The van der Waals surface area contributed by atoms with Crippen molar-refractivity contribution >= 4 is 45.9 Å². The fraction of sp³-hybridized carbons (Fsp3) is 0.320. The molecule has 2 aliphatic rings. The highest BCUT2D eigenvalue weighted by Gasteiger charge is 2.21. The van der Waals surface area contributed by atoms with E-state index in [-0.39, 0.29) is 18.2 Å². The standard InChI is InChI=1S/C25H26Cl2N6O2/c1-15(25-21(26)11-28-12-22(25)27)35-19-5-7-24-20(10-19)23(31-32-24)6-4-16-2-3-17(30-29-16)13-33-9-8-18(34)14-33/h2-7,10-12,15-16,18,29,34H,8-9,13-14H2,1H3,(H,31,32)/b6-4+/t15-,16?,18?/m1/s1. The van der Waals surface area contributed by atoms with E-state index in [1.807, 2.05) is 43.4 Å². The molecule has 0 amide bonds. The van der Waals surface area contributed by atoms with Crippen molar-refractivity contribution in [1.29, 1.82) is 0 Å². The van der Waals surface area contributed by atoms with E-state index in [0.29, 0.717) is 27.9 Å². The topological polar surface area (TPSA) is 98.7 Å². The molecule has 182 valence electrons. The molecule has 3 aromatic rings. The molecule has 4 heterocycles. The smallest absolute Gasteiger partial charge is 0.124 e. The van der Waals surface area contributed by atoms with Crippen molar-refractivity contribution in [3.63, 3.8) is 0 Å². The molecule has 2 unspecified atom stereocenters. The Labute approximate surface area is 213 Å². The summed E-state index contributed by atoms with van der Waals surface area (Å²) in [6, 6.07) is 5.70. The van der Waals surface area contributed by atoms with E-state index in [0.717, 1.165) is 41.8 Å². The number of benzene rings is 1. The number of nitrogens with zero attached hydrogens (tertiary/aromatic N) is 4. The van der Waals surface area contributed by atoms with Gasteiger partial charge in [-0.05, 0) is 43.7 Å². The van der Waals surface area contributed by atoms with Gasteiger partial charge in [-0.1, -0.05) is 35.4 Å². The fourth-order valence-corrected chi connectivity index (χ4v) is 4.99. The van der Waals surface area contributed by atoms with E-state index < -0.39 is 0 Å². The predicted octanol–water partition coefficient (Wildman–Crippen LogP) is 4.37. The number of halogens is 2. The predicted molar refractivity (Wildman–Crippen MR) is 139 cm³/mol. The Morgan fingerprint density at radius 2 is 2.11 bits per heavy atom. The van der Waals surface area contributed by atoms with Gasteiger partial charge in [0.1, 0.15) is 11.9 Å². The first-order valence-electron chi connectivity index (χ1n) is 11.5. The number of hydrogen-bond donors (Lipinski definition) is 3. The summed E-state index contributed by atoms with van der Waals surface area (Å²) in [5.41, 5.74) is 6.53. The highest BCUT2D eigenvalue weighted by molar-refractivity contribution is 6.35. The molecule has 1 aromatic carbocycles. The number of pyridine rings is 1. The van der Waals surface area contributed by atoms with Gasteiger partial charge in [-0.3, -0.25) is 20.4 Å². The van der Waals surface area contributed by atoms with E-state index >= 15 is 0 Å². The minimum absolute atomic E-state index is 0.0308. The third-order valence-corrected chi connectivity index (χ3v) is 6.72. The van der Waals surface area contributed by atoms with Gasteiger partial charge in [0.2, 0.25) is 0 Å². The summed E-state index contributed by atoms with van der Waals surface area (Å²) >= 11 is 12.6. The van der Waals surface area contributed by atoms with Crippen LogP contribution in [0.5, 0.6) is 5.75 Å². The molecule has 3 N–H and O–H groups in total. The zero-order chi connectivity index (χ0) is 24.4. The highest BCUT2D eigenvalue weighted by Crippen LogP contribution is 2.33. The molecule has 2 aliphatic heterocycles. The maximum Gasteiger partial charge on any atom is 0.124 e. The molecule has 0 saturated carbocycles. The zero-order valence-corrected chi connectivity index (χ0v) is 20.7. The quantitative estimate of drug-likeness (QED) is 0.434. The molecule has 5 rings (SSSR count). The number of rotatable bonds is 7. The monoisotopic (exact) mass is 512 g/mol. The summed E-state index contributed by atoms with van der Waals surface area (Å²) < 4.78 is 6.14. The largest absolute Gasteiger partial charge is 0.486 e. The lowest BCUT2D eigenvalue weighted by Gasteiger charge is -2.19. The van der Waals surface area contributed by atoms with Gasteiger partial charge in [0, 0.05) is 43.0 Å². The van der Waals surface area contributed by atoms with Crippen molar-refractivity contribution in [3.05, 3.63) is 70.1 Å². The van der Waals surface area contributed by atoms with Crippen molar-refractivity contribution in [1.82, 2.24) is 25.5 Å². The van der Waals surface area contributed by atoms with E-state index in [1.165, 1.54) is 0 Å². The van der Waals surface area contributed by atoms with Gasteiger partial charge >= 0.3 is 0 Å².